The van der Waals surface area contributed by atoms with Gasteiger partial charge in [0.1, 0.15) is 5.82 Å². The van der Waals surface area contributed by atoms with Crippen LogP contribution in [0.25, 0.3) is 0 Å². The SMILES string of the molecule is O=C(O)CC1CCN(C(=O)c2ccccc2)CC1CCN1CCN(c2ccc(F)cc2)CC1. The van der Waals surface area contributed by atoms with Crippen molar-refractivity contribution in [2.45, 2.75) is 19.3 Å². The summed E-state index contributed by atoms with van der Waals surface area (Å²) in [7, 11) is 0. The highest BCUT2D eigenvalue weighted by Crippen LogP contribution is 2.30. The zero-order chi connectivity index (χ0) is 23.2. The molecule has 2 aliphatic heterocycles. The van der Waals surface area contributed by atoms with Crippen molar-refractivity contribution in [3.63, 3.8) is 0 Å². The van der Waals surface area contributed by atoms with Crippen LogP contribution in [-0.2, 0) is 4.79 Å². The lowest BCUT2D eigenvalue weighted by Gasteiger charge is -2.40. The fourth-order valence-electron chi connectivity index (χ4n) is 5.08. The van der Waals surface area contributed by atoms with Crippen LogP contribution in [0.15, 0.2) is 54.6 Å². The predicted molar refractivity (Wildman–Crippen MR) is 126 cm³/mol. The van der Waals surface area contributed by atoms with E-state index < -0.39 is 5.97 Å². The number of benzene rings is 2. The topological polar surface area (TPSA) is 64.1 Å². The number of halogens is 1. The Morgan fingerprint density at radius 1 is 0.909 bits per heavy atom. The standard InChI is InChI=1S/C26H32FN3O3/c27-23-6-8-24(9-7-23)29-16-14-28(15-17-29)12-10-22-19-30(13-11-21(22)18-25(31)32)26(33)20-4-2-1-3-5-20/h1-9,21-22H,10-19H2,(H,31,32). The lowest BCUT2D eigenvalue weighted by Crippen LogP contribution is -2.48. The predicted octanol–water partition coefficient (Wildman–Crippen LogP) is 3.59. The molecule has 0 saturated carbocycles. The Bertz CT molecular complexity index is 930. The van der Waals surface area contributed by atoms with Gasteiger partial charge in [-0.1, -0.05) is 18.2 Å². The Hall–Kier alpha value is -2.93. The highest BCUT2D eigenvalue weighted by atomic mass is 19.1. The minimum atomic E-state index is -0.763. The van der Waals surface area contributed by atoms with Crippen molar-refractivity contribution in [1.29, 1.82) is 0 Å². The Kier molecular flexibility index (Phi) is 7.60. The number of carboxylic acids is 1. The van der Waals surface area contributed by atoms with Crippen molar-refractivity contribution in [1.82, 2.24) is 9.80 Å². The molecule has 2 heterocycles. The van der Waals surface area contributed by atoms with E-state index in [1.165, 1.54) is 12.1 Å². The molecule has 0 aromatic heterocycles. The average Bonchev–Trinajstić information content (AvgIpc) is 2.84. The van der Waals surface area contributed by atoms with Crippen molar-refractivity contribution < 1.29 is 19.1 Å². The van der Waals surface area contributed by atoms with E-state index >= 15 is 0 Å². The fourth-order valence-corrected chi connectivity index (χ4v) is 5.08. The van der Waals surface area contributed by atoms with Crippen LogP contribution in [0.3, 0.4) is 0 Å². The van der Waals surface area contributed by atoms with Gasteiger partial charge in [0.2, 0.25) is 0 Å². The van der Waals surface area contributed by atoms with E-state index in [1.54, 1.807) is 0 Å². The minimum absolute atomic E-state index is 0.0299. The van der Waals surface area contributed by atoms with E-state index in [0.29, 0.717) is 18.7 Å². The van der Waals surface area contributed by atoms with Gasteiger partial charge in [-0.05, 0) is 67.6 Å². The normalized spacial score (nSPS) is 21.7. The van der Waals surface area contributed by atoms with Gasteiger partial charge in [0.25, 0.3) is 5.91 Å². The number of piperidine rings is 1. The Labute approximate surface area is 194 Å². The molecule has 2 aliphatic rings. The van der Waals surface area contributed by atoms with Crippen molar-refractivity contribution in [2.24, 2.45) is 11.8 Å². The maximum Gasteiger partial charge on any atom is 0.303 e. The number of carbonyl (C=O) groups excluding carboxylic acids is 1. The second-order valence-corrected chi connectivity index (χ2v) is 9.12. The van der Waals surface area contributed by atoms with Gasteiger partial charge in [-0.25, -0.2) is 4.39 Å². The second-order valence-electron chi connectivity index (χ2n) is 9.12. The van der Waals surface area contributed by atoms with Crippen LogP contribution in [0.2, 0.25) is 0 Å². The Morgan fingerprint density at radius 3 is 2.27 bits per heavy atom. The quantitative estimate of drug-likeness (QED) is 0.694. The van der Waals surface area contributed by atoms with Gasteiger partial charge < -0.3 is 14.9 Å². The van der Waals surface area contributed by atoms with E-state index in [4.69, 9.17) is 0 Å². The maximum absolute atomic E-state index is 13.2. The van der Waals surface area contributed by atoms with Crippen LogP contribution in [0.5, 0.6) is 0 Å². The molecule has 4 rings (SSSR count). The molecule has 0 radical (unpaired) electrons. The van der Waals surface area contributed by atoms with E-state index in [-0.39, 0.29) is 30.0 Å². The van der Waals surface area contributed by atoms with Crippen LogP contribution in [0.1, 0.15) is 29.6 Å². The molecule has 1 N–H and O–H groups in total. The number of carbonyl (C=O) groups is 2. The molecular formula is C26H32FN3O3. The molecule has 2 aromatic rings. The van der Waals surface area contributed by atoms with Gasteiger partial charge in [0.05, 0.1) is 0 Å². The first kappa shape index (κ1) is 23.2. The Morgan fingerprint density at radius 2 is 1.61 bits per heavy atom. The first-order chi connectivity index (χ1) is 16.0. The Balaban J connectivity index is 1.32. The summed E-state index contributed by atoms with van der Waals surface area (Å²) in [6, 6.07) is 15.9. The summed E-state index contributed by atoms with van der Waals surface area (Å²) in [5, 5.41) is 9.39. The number of rotatable bonds is 7. The molecule has 2 saturated heterocycles. The van der Waals surface area contributed by atoms with Gasteiger partial charge in [-0.3, -0.25) is 14.5 Å². The summed E-state index contributed by atoms with van der Waals surface area (Å²) in [6.07, 6.45) is 1.78. The molecule has 6 nitrogen and oxygen atoms in total. The van der Waals surface area contributed by atoms with E-state index in [2.05, 4.69) is 9.80 Å². The number of anilines is 1. The van der Waals surface area contributed by atoms with E-state index in [0.717, 1.165) is 51.3 Å². The number of aliphatic carboxylic acids is 1. The van der Waals surface area contributed by atoms with Crippen LogP contribution in [0.4, 0.5) is 10.1 Å². The highest BCUT2D eigenvalue weighted by Gasteiger charge is 2.33. The zero-order valence-electron chi connectivity index (χ0n) is 18.9. The molecule has 2 atom stereocenters. The number of carboxylic acid groups (broad SMARTS) is 1. The molecule has 0 bridgehead atoms. The summed E-state index contributed by atoms with van der Waals surface area (Å²) < 4.78 is 13.2. The number of hydrogen-bond acceptors (Lipinski definition) is 4. The van der Waals surface area contributed by atoms with Crippen LogP contribution >= 0.6 is 0 Å². The molecule has 2 unspecified atom stereocenters. The van der Waals surface area contributed by atoms with Gasteiger partial charge in [-0.2, -0.15) is 0 Å². The summed E-state index contributed by atoms with van der Waals surface area (Å²) in [5.41, 5.74) is 1.73. The smallest absolute Gasteiger partial charge is 0.303 e. The molecule has 0 spiro atoms. The van der Waals surface area contributed by atoms with Crippen LogP contribution in [0, 0.1) is 17.7 Å². The van der Waals surface area contributed by atoms with Gasteiger partial charge in [0, 0.05) is 56.9 Å². The first-order valence-corrected chi connectivity index (χ1v) is 11.8. The lowest BCUT2D eigenvalue weighted by atomic mass is 9.81. The third-order valence-corrected chi connectivity index (χ3v) is 7.02. The molecule has 7 heteroatoms. The molecule has 2 aromatic carbocycles. The van der Waals surface area contributed by atoms with Crippen LogP contribution < -0.4 is 4.90 Å². The second kappa shape index (κ2) is 10.8. The average molecular weight is 454 g/mol. The third-order valence-electron chi connectivity index (χ3n) is 7.02. The summed E-state index contributed by atoms with van der Waals surface area (Å²) in [5.74, 6) is -0.677. The first-order valence-electron chi connectivity index (χ1n) is 11.8. The van der Waals surface area contributed by atoms with Gasteiger partial charge in [-0.15, -0.1) is 0 Å². The molecule has 33 heavy (non-hydrogen) atoms. The largest absolute Gasteiger partial charge is 0.481 e. The molecule has 0 aliphatic carbocycles. The fraction of sp³-hybridized carbons (Fsp3) is 0.462. The highest BCUT2D eigenvalue weighted by molar-refractivity contribution is 5.94. The van der Waals surface area contributed by atoms with Gasteiger partial charge >= 0.3 is 5.97 Å². The molecule has 1 amide bonds. The zero-order valence-corrected chi connectivity index (χ0v) is 18.9. The maximum atomic E-state index is 13.2. The minimum Gasteiger partial charge on any atom is -0.481 e. The number of piperazine rings is 1. The molecule has 176 valence electrons. The third kappa shape index (κ3) is 6.11. The summed E-state index contributed by atoms with van der Waals surface area (Å²) in [4.78, 5) is 30.9. The number of amides is 1. The summed E-state index contributed by atoms with van der Waals surface area (Å²) >= 11 is 0. The molecule has 2 fully saturated rings. The van der Waals surface area contributed by atoms with Crippen molar-refractivity contribution >= 4 is 17.6 Å². The monoisotopic (exact) mass is 453 g/mol. The van der Waals surface area contributed by atoms with E-state index in [1.807, 2.05) is 47.4 Å². The number of nitrogens with zero attached hydrogens (tertiary/aromatic N) is 3. The van der Waals surface area contributed by atoms with Crippen LogP contribution in [-0.4, -0.2) is 72.6 Å². The number of likely N-dealkylation sites (tertiary alicyclic amines) is 1. The van der Waals surface area contributed by atoms with Crippen molar-refractivity contribution in [2.75, 3.05) is 50.7 Å². The van der Waals surface area contributed by atoms with Gasteiger partial charge in [0.15, 0.2) is 0 Å². The van der Waals surface area contributed by atoms with Crippen molar-refractivity contribution in [3.05, 3.63) is 66.0 Å². The molecular weight excluding hydrogens is 421 g/mol. The number of hydrogen-bond donors (Lipinski definition) is 1. The summed E-state index contributed by atoms with van der Waals surface area (Å²) in [6.45, 7) is 5.72. The van der Waals surface area contributed by atoms with Crippen molar-refractivity contribution in [3.8, 4) is 0 Å². The lowest BCUT2D eigenvalue weighted by molar-refractivity contribution is -0.139. The van der Waals surface area contributed by atoms with E-state index in [9.17, 15) is 19.1 Å².